The lowest BCUT2D eigenvalue weighted by atomic mass is 9.59. The van der Waals surface area contributed by atoms with Crippen LogP contribution in [0.2, 0.25) is 0 Å². The molecule has 0 bridgehead atoms. The van der Waals surface area contributed by atoms with Crippen LogP contribution in [0.3, 0.4) is 0 Å². The van der Waals surface area contributed by atoms with Crippen LogP contribution in [-0.2, 0) is 0 Å². The molecule has 0 saturated heterocycles. The predicted octanol–water partition coefficient (Wildman–Crippen LogP) is 5.97. The molecule has 0 spiro atoms. The van der Waals surface area contributed by atoms with E-state index in [0.717, 1.165) is 71.9 Å². The molecule has 9 rings (SSSR count). The maximum absolute atomic E-state index is 6.42. The maximum Gasteiger partial charge on any atom is 0.145 e. The molecule has 52 heavy (non-hydrogen) atoms. The van der Waals surface area contributed by atoms with Crippen molar-refractivity contribution < 1.29 is 0 Å². The zero-order valence-electron chi connectivity index (χ0n) is 28.2. The van der Waals surface area contributed by atoms with Crippen LogP contribution in [0.5, 0.6) is 0 Å². The minimum absolute atomic E-state index is 0.203. The van der Waals surface area contributed by atoms with Gasteiger partial charge in [-0.1, -0.05) is 138 Å². The summed E-state index contributed by atoms with van der Waals surface area (Å²) in [6.45, 7) is 0. The summed E-state index contributed by atoms with van der Waals surface area (Å²) >= 11 is 0. The van der Waals surface area contributed by atoms with Gasteiger partial charge < -0.3 is 0 Å². The summed E-state index contributed by atoms with van der Waals surface area (Å²) in [4.78, 5) is 5.09. The molecule has 0 unspecified atom stereocenters. The summed E-state index contributed by atoms with van der Waals surface area (Å²) in [5, 5.41) is 4.60. The molecule has 0 fully saturated rings. The molecule has 0 saturated carbocycles. The van der Waals surface area contributed by atoms with Gasteiger partial charge in [0.25, 0.3) is 0 Å². The van der Waals surface area contributed by atoms with E-state index in [0.29, 0.717) is 16.5 Å². The van der Waals surface area contributed by atoms with Gasteiger partial charge >= 0.3 is 0 Å². The van der Waals surface area contributed by atoms with Crippen molar-refractivity contribution in [1.82, 2.24) is 9.55 Å². The summed E-state index contributed by atoms with van der Waals surface area (Å²) in [5.41, 5.74) is 11.3. The number of aromatic nitrogens is 2. The smallest absolute Gasteiger partial charge is 0.145 e. The van der Waals surface area contributed by atoms with Gasteiger partial charge in [0.1, 0.15) is 45.1 Å². The number of benzene rings is 8. The quantitative estimate of drug-likeness (QED) is 0.166. The molecule has 0 aliphatic rings. The van der Waals surface area contributed by atoms with Gasteiger partial charge in [0.2, 0.25) is 0 Å². The van der Waals surface area contributed by atoms with Crippen LogP contribution in [0.15, 0.2) is 152 Å². The first-order chi connectivity index (χ1) is 25.4. The Bertz CT molecular complexity index is 2760. The van der Waals surface area contributed by atoms with Crippen molar-refractivity contribution in [3.05, 3.63) is 152 Å². The summed E-state index contributed by atoms with van der Waals surface area (Å²) in [6, 6.07) is 52.9. The number of hydrogen-bond donors (Lipinski definition) is 0. The first kappa shape index (κ1) is 32.0. The number of para-hydroxylation sites is 2. The highest BCUT2D eigenvalue weighted by molar-refractivity contribution is 6.68. The number of imidazole rings is 1. The second-order valence-corrected chi connectivity index (χ2v) is 13.0. The molecular weight excluding hydrogens is 623 g/mol. The van der Waals surface area contributed by atoms with Gasteiger partial charge in [-0.25, -0.2) is 4.98 Å². The van der Waals surface area contributed by atoms with Crippen LogP contribution in [0, 0.1) is 0 Å². The van der Waals surface area contributed by atoms with Gasteiger partial charge in [-0.2, -0.15) is 0 Å². The van der Waals surface area contributed by atoms with E-state index in [9.17, 15) is 0 Å². The zero-order chi connectivity index (χ0) is 35.5. The topological polar surface area (TPSA) is 17.8 Å². The molecule has 7 heteroatoms. The van der Waals surface area contributed by atoms with E-state index >= 15 is 0 Å². The third-order valence-corrected chi connectivity index (χ3v) is 10.1. The normalized spacial score (nSPS) is 11.5. The van der Waals surface area contributed by atoms with E-state index in [1.54, 1.807) is 0 Å². The lowest BCUT2D eigenvalue weighted by Crippen LogP contribution is -2.55. The Morgan fingerprint density at radius 3 is 1.42 bits per heavy atom. The van der Waals surface area contributed by atoms with E-state index < -0.39 is 0 Å². The lowest BCUT2D eigenvalue weighted by Gasteiger charge is -2.22. The fourth-order valence-electron chi connectivity index (χ4n) is 7.58. The minimum Gasteiger partial charge on any atom is -0.292 e. The van der Waals surface area contributed by atoms with Gasteiger partial charge in [-0.15, -0.1) is 16.4 Å². The minimum atomic E-state index is 0.203. The first-order valence-electron chi connectivity index (χ1n) is 17.1. The van der Waals surface area contributed by atoms with Crippen LogP contribution in [0.4, 0.5) is 0 Å². The van der Waals surface area contributed by atoms with Crippen LogP contribution in [0.25, 0.3) is 83.0 Å². The second-order valence-electron chi connectivity index (χ2n) is 13.0. The Labute approximate surface area is 309 Å². The highest BCUT2D eigenvalue weighted by Crippen LogP contribution is 2.44. The summed E-state index contributed by atoms with van der Waals surface area (Å²) in [7, 11) is 31.3. The molecule has 0 atom stereocenters. The second kappa shape index (κ2) is 12.7. The van der Waals surface area contributed by atoms with Gasteiger partial charge in [0.15, 0.2) is 0 Å². The van der Waals surface area contributed by atoms with Gasteiger partial charge in [0, 0.05) is 11.3 Å². The van der Waals surface area contributed by atoms with E-state index in [4.69, 9.17) is 44.2 Å². The Morgan fingerprint density at radius 2 is 0.827 bits per heavy atom. The van der Waals surface area contributed by atoms with E-state index in [1.165, 1.54) is 5.56 Å². The van der Waals surface area contributed by atoms with Crippen LogP contribution < -0.4 is 27.3 Å². The average Bonchev–Trinajstić information content (AvgIpc) is 3.59. The van der Waals surface area contributed by atoms with Gasteiger partial charge in [-0.05, 0) is 79.2 Å². The summed E-state index contributed by atoms with van der Waals surface area (Å²) in [6.07, 6.45) is 0. The van der Waals surface area contributed by atoms with Crippen molar-refractivity contribution in [2.75, 3.05) is 0 Å². The largest absolute Gasteiger partial charge is 0.292 e. The van der Waals surface area contributed by atoms with Crippen molar-refractivity contribution in [3.63, 3.8) is 0 Å². The molecule has 0 N–H and O–H groups in total. The first-order valence-corrected chi connectivity index (χ1v) is 17.1. The highest BCUT2D eigenvalue weighted by Gasteiger charge is 2.19. The molecule has 9 aromatic rings. The molecule has 1 aromatic heterocycles. The molecular formula is C45H25B5N2. The Morgan fingerprint density at radius 1 is 0.365 bits per heavy atom. The standard InChI is InChI=1S/C45H25B5N2/c46-40-39(41(47)43(49)44(50)42(40)48)27-23-21-26(22-24-27)37-31-15-4-6-17-33(31)38(34-18-7-5-16-32(34)37)29-13-10-14-30(25-29)52-36-20-9-8-19-35(36)51-45(52)28-11-2-1-3-12-28/h1-25H. The van der Waals surface area contributed by atoms with E-state index in [2.05, 4.69) is 132 Å². The summed E-state index contributed by atoms with van der Waals surface area (Å²) < 4.78 is 2.26. The average molecular weight is 648 g/mol. The summed E-state index contributed by atoms with van der Waals surface area (Å²) in [5.74, 6) is 0.903. The van der Waals surface area contributed by atoms with Crippen molar-refractivity contribution >= 4 is 99.1 Å². The third kappa shape index (κ3) is 5.06. The number of nitrogens with zero attached hydrogens (tertiary/aromatic N) is 2. The Balaban J connectivity index is 1.24. The molecule has 8 aromatic carbocycles. The Hall–Kier alpha value is -5.93. The molecule has 230 valence electrons. The predicted molar refractivity (Wildman–Crippen MR) is 225 cm³/mol. The molecule has 0 aliphatic heterocycles. The molecule has 0 amide bonds. The number of rotatable bonds is 5. The van der Waals surface area contributed by atoms with E-state index in [1.807, 2.05) is 24.3 Å². The van der Waals surface area contributed by atoms with E-state index in [-0.39, 0.29) is 16.4 Å². The molecule has 0 aliphatic carbocycles. The van der Waals surface area contributed by atoms with Crippen molar-refractivity contribution in [2.45, 2.75) is 0 Å². The molecule has 10 radical (unpaired) electrons. The maximum atomic E-state index is 6.42. The van der Waals surface area contributed by atoms with Crippen molar-refractivity contribution in [1.29, 1.82) is 0 Å². The third-order valence-electron chi connectivity index (χ3n) is 10.1. The van der Waals surface area contributed by atoms with Crippen molar-refractivity contribution in [3.8, 4) is 50.5 Å². The van der Waals surface area contributed by atoms with Crippen molar-refractivity contribution in [2.24, 2.45) is 0 Å². The van der Waals surface area contributed by atoms with Crippen LogP contribution in [-0.4, -0.2) is 48.8 Å². The molecule has 2 nitrogen and oxygen atoms in total. The number of fused-ring (bicyclic) bond motifs is 3. The Kier molecular flexibility index (Phi) is 7.81. The SMILES string of the molecule is [B]c1c([B])c([B])c(-c2ccc(-c3c4ccccc4c(-c4cccc(-n5c(-c6ccccc6)nc6ccccc65)c4)c4ccccc34)cc2)c([B])c1[B]. The lowest BCUT2D eigenvalue weighted by molar-refractivity contribution is 1.10. The van der Waals surface area contributed by atoms with Crippen LogP contribution in [0.1, 0.15) is 0 Å². The van der Waals surface area contributed by atoms with Gasteiger partial charge in [-0.3, -0.25) is 4.57 Å². The molecule has 1 heterocycles. The fourth-order valence-corrected chi connectivity index (χ4v) is 7.58. The van der Waals surface area contributed by atoms with Crippen LogP contribution >= 0.6 is 0 Å². The monoisotopic (exact) mass is 648 g/mol. The van der Waals surface area contributed by atoms with Gasteiger partial charge in [0.05, 0.1) is 11.0 Å². The fraction of sp³-hybridized carbons (Fsp3) is 0. The number of hydrogen-bond acceptors (Lipinski definition) is 1. The highest BCUT2D eigenvalue weighted by atomic mass is 15.1. The zero-order valence-corrected chi connectivity index (χ0v) is 28.2.